The zero-order valence-electron chi connectivity index (χ0n) is 15.2. The average molecular weight is 342 g/mol. The lowest BCUT2D eigenvalue weighted by atomic mass is 9.89. The van der Waals surface area contributed by atoms with Gasteiger partial charge in [0.05, 0.1) is 35.0 Å². The molecule has 1 aliphatic carbocycles. The van der Waals surface area contributed by atoms with Crippen molar-refractivity contribution in [1.82, 2.24) is 4.98 Å². The van der Waals surface area contributed by atoms with Gasteiger partial charge in [0.2, 0.25) is 0 Å². The molecule has 2 N–H and O–H groups in total. The van der Waals surface area contributed by atoms with E-state index in [0.29, 0.717) is 34.7 Å². The molecule has 134 valence electrons. The molecule has 25 heavy (non-hydrogen) atoms. The van der Waals surface area contributed by atoms with Crippen LogP contribution in [0.15, 0.2) is 18.2 Å². The van der Waals surface area contributed by atoms with Crippen LogP contribution >= 0.6 is 0 Å². The van der Waals surface area contributed by atoms with E-state index in [1.54, 1.807) is 13.8 Å². The maximum absolute atomic E-state index is 12.3. The second-order valence-corrected chi connectivity index (χ2v) is 6.86. The van der Waals surface area contributed by atoms with Gasteiger partial charge in [-0.3, -0.25) is 4.98 Å². The Balaban J connectivity index is 2.01. The second kappa shape index (κ2) is 7.30. The highest BCUT2D eigenvalue weighted by Gasteiger charge is 2.23. The SMILES string of the molecule is CCOC(=O)c1c(C)nc2cccc(O[C@H]3CC[C@H](C)CC3)c2c1N. The Hall–Kier alpha value is -2.30. The molecule has 2 aromatic rings. The van der Waals surface area contributed by atoms with Gasteiger partial charge in [-0.05, 0) is 57.6 Å². The molecule has 0 amide bonds. The Morgan fingerprint density at radius 2 is 2.00 bits per heavy atom. The van der Waals surface area contributed by atoms with Crippen molar-refractivity contribution in [2.75, 3.05) is 12.3 Å². The fraction of sp³-hybridized carbons (Fsp3) is 0.500. The zero-order chi connectivity index (χ0) is 18.0. The van der Waals surface area contributed by atoms with Gasteiger partial charge in [-0.2, -0.15) is 0 Å². The highest BCUT2D eigenvalue weighted by atomic mass is 16.5. The number of anilines is 1. The summed E-state index contributed by atoms with van der Waals surface area (Å²) in [6.07, 6.45) is 4.63. The number of hydrogen-bond acceptors (Lipinski definition) is 5. The molecule has 1 fully saturated rings. The molecule has 3 rings (SSSR count). The maximum atomic E-state index is 12.3. The van der Waals surface area contributed by atoms with Gasteiger partial charge >= 0.3 is 5.97 Å². The molecule has 0 atom stereocenters. The fourth-order valence-electron chi connectivity index (χ4n) is 3.53. The summed E-state index contributed by atoms with van der Waals surface area (Å²) < 4.78 is 11.4. The number of aryl methyl sites for hydroxylation is 1. The Morgan fingerprint density at radius 3 is 2.68 bits per heavy atom. The first-order chi connectivity index (χ1) is 12.0. The summed E-state index contributed by atoms with van der Waals surface area (Å²) in [4.78, 5) is 16.8. The first-order valence-corrected chi connectivity index (χ1v) is 9.03. The molecule has 1 heterocycles. The van der Waals surface area contributed by atoms with E-state index in [1.807, 2.05) is 18.2 Å². The van der Waals surface area contributed by atoms with E-state index in [2.05, 4.69) is 11.9 Å². The smallest absolute Gasteiger partial charge is 0.342 e. The summed E-state index contributed by atoms with van der Waals surface area (Å²) >= 11 is 0. The Morgan fingerprint density at radius 1 is 1.28 bits per heavy atom. The summed E-state index contributed by atoms with van der Waals surface area (Å²) in [7, 11) is 0. The number of nitrogens with zero attached hydrogens (tertiary/aromatic N) is 1. The van der Waals surface area contributed by atoms with Crippen LogP contribution in [0.3, 0.4) is 0 Å². The lowest BCUT2D eigenvalue weighted by molar-refractivity contribution is 0.0526. The van der Waals surface area contributed by atoms with E-state index in [0.717, 1.165) is 24.3 Å². The van der Waals surface area contributed by atoms with Crippen LogP contribution in [0.1, 0.15) is 55.6 Å². The number of carbonyl (C=O) groups is 1. The molecule has 0 saturated heterocycles. The number of rotatable bonds is 4. The molecule has 0 aliphatic heterocycles. The van der Waals surface area contributed by atoms with Crippen molar-refractivity contribution < 1.29 is 14.3 Å². The summed E-state index contributed by atoms with van der Waals surface area (Å²) in [6.45, 7) is 6.13. The highest BCUT2D eigenvalue weighted by molar-refractivity contribution is 6.07. The molecule has 1 saturated carbocycles. The zero-order valence-corrected chi connectivity index (χ0v) is 15.2. The molecule has 1 aromatic heterocycles. The van der Waals surface area contributed by atoms with Crippen LogP contribution < -0.4 is 10.5 Å². The standard InChI is InChI=1S/C20H26N2O3/c1-4-24-20(23)17-13(3)22-15-6-5-7-16(18(15)19(17)21)25-14-10-8-12(2)9-11-14/h5-7,12,14H,4,8-11H2,1-3H3,(H2,21,22)/t12-,14-. The number of hydrogen-bond donors (Lipinski definition) is 1. The van der Waals surface area contributed by atoms with Crippen LogP contribution in [0.4, 0.5) is 5.69 Å². The number of ether oxygens (including phenoxy) is 2. The van der Waals surface area contributed by atoms with E-state index in [-0.39, 0.29) is 6.10 Å². The Bertz CT molecular complexity index is 780. The molecule has 5 heteroatoms. The first-order valence-electron chi connectivity index (χ1n) is 9.03. The molecule has 0 radical (unpaired) electrons. The van der Waals surface area contributed by atoms with Gasteiger partial charge < -0.3 is 15.2 Å². The van der Waals surface area contributed by atoms with E-state index in [1.165, 1.54) is 12.8 Å². The van der Waals surface area contributed by atoms with Crippen LogP contribution in [0.2, 0.25) is 0 Å². The van der Waals surface area contributed by atoms with Crippen LogP contribution in [-0.2, 0) is 4.74 Å². The largest absolute Gasteiger partial charge is 0.490 e. The van der Waals surface area contributed by atoms with Gasteiger partial charge in [0.1, 0.15) is 11.3 Å². The van der Waals surface area contributed by atoms with Crippen molar-refractivity contribution in [3.05, 3.63) is 29.5 Å². The number of fused-ring (bicyclic) bond motifs is 1. The third-order valence-corrected chi connectivity index (χ3v) is 4.93. The van der Waals surface area contributed by atoms with Crippen molar-refractivity contribution in [3.63, 3.8) is 0 Å². The number of carbonyl (C=O) groups excluding carboxylic acids is 1. The van der Waals surface area contributed by atoms with E-state index in [4.69, 9.17) is 15.2 Å². The predicted molar refractivity (Wildman–Crippen MR) is 98.9 cm³/mol. The summed E-state index contributed by atoms with van der Waals surface area (Å²) in [6, 6.07) is 5.71. The molecule has 1 aromatic carbocycles. The number of nitrogens with two attached hydrogens (primary N) is 1. The molecule has 0 unspecified atom stereocenters. The lowest BCUT2D eigenvalue weighted by Crippen LogP contribution is -2.23. The van der Waals surface area contributed by atoms with Gasteiger partial charge in [0, 0.05) is 0 Å². The van der Waals surface area contributed by atoms with Gasteiger partial charge in [0.25, 0.3) is 0 Å². The third-order valence-electron chi connectivity index (χ3n) is 4.93. The minimum absolute atomic E-state index is 0.188. The molecule has 0 spiro atoms. The normalized spacial score (nSPS) is 20.4. The van der Waals surface area contributed by atoms with Crippen molar-refractivity contribution in [3.8, 4) is 5.75 Å². The summed E-state index contributed by atoms with van der Waals surface area (Å²) in [5, 5.41) is 0.703. The quantitative estimate of drug-likeness (QED) is 0.840. The predicted octanol–water partition coefficient (Wildman–Crippen LogP) is 4.26. The summed E-state index contributed by atoms with van der Waals surface area (Å²) in [5.41, 5.74) is 8.40. The van der Waals surface area contributed by atoms with E-state index >= 15 is 0 Å². The Labute approximate surface area is 148 Å². The highest BCUT2D eigenvalue weighted by Crippen LogP contribution is 2.36. The third kappa shape index (κ3) is 3.55. The Kier molecular flexibility index (Phi) is 5.11. The van der Waals surface area contributed by atoms with Gasteiger partial charge in [-0.15, -0.1) is 0 Å². The first kappa shape index (κ1) is 17.5. The van der Waals surface area contributed by atoms with Gasteiger partial charge in [0.15, 0.2) is 0 Å². The molecular weight excluding hydrogens is 316 g/mol. The number of aromatic nitrogens is 1. The number of esters is 1. The van der Waals surface area contributed by atoms with Crippen LogP contribution in [0.5, 0.6) is 5.75 Å². The molecule has 5 nitrogen and oxygen atoms in total. The lowest BCUT2D eigenvalue weighted by Gasteiger charge is -2.27. The second-order valence-electron chi connectivity index (χ2n) is 6.86. The minimum atomic E-state index is -0.437. The topological polar surface area (TPSA) is 74.4 Å². The van der Waals surface area contributed by atoms with E-state index < -0.39 is 5.97 Å². The number of benzene rings is 1. The molecular formula is C20H26N2O3. The van der Waals surface area contributed by atoms with Crippen LogP contribution in [0.25, 0.3) is 10.9 Å². The average Bonchev–Trinajstić information content (AvgIpc) is 2.57. The fourth-order valence-corrected chi connectivity index (χ4v) is 3.53. The van der Waals surface area contributed by atoms with Crippen molar-refractivity contribution >= 4 is 22.6 Å². The van der Waals surface area contributed by atoms with E-state index in [9.17, 15) is 4.79 Å². The molecule has 0 bridgehead atoms. The van der Waals surface area contributed by atoms with Gasteiger partial charge in [-0.25, -0.2) is 4.79 Å². The van der Waals surface area contributed by atoms with Crippen molar-refractivity contribution in [1.29, 1.82) is 0 Å². The number of nitrogen functional groups attached to an aromatic ring is 1. The van der Waals surface area contributed by atoms with Crippen molar-refractivity contribution in [2.24, 2.45) is 5.92 Å². The van der Waals surface area contributed by atoms with Crippen molar-refractivity contribution in [2.45, 2.75) is 52.6 Å². The van der Waals surface area contributed by atoms with Crippen LogP contribution in [0, 0.1) is 12.8 Å². The van der Waals surface area contributed by atoms with Crippen LogP contribution in [-0.4, -0.2) is 23.7 Å². The number of pyridine rings is 1. The van der Waals surface area contributed by atoms with Gasteiger partial charge in [-0.1, -0.05) is 13.0 Å². The summed E-state index contributed by atoms with van der Waals surface area (Å²) in [5.74, 6) is 1.03. The molecule has 1 aliphatic rings. The maximum Gasteiger partial charge on any atom is 0.342 e. The minimum Gasteiger partial charge on any atom is -0.490 e. The monoisotopic (exact) mass is 342 g/mol.